The van der Waals surface area contributed by atoms with E-state index in [0.29, 0.717) is 17.7 Å². The Labute approximate surface area is 109 Å². The number of nitro benzene ring substituents is 1. The molecular weight excluding hydrogens is 246 g/mol. The quantitative estimate of drug-likeness (QED) is 0.489. The van der Waals surface area contributed by atoms with Crippen LogP contribution < -0.4 is 10.9 Å². The van der Waals surface area contributed by atoms with Gasteiger partial charge in [0.15, 0.2) is 0 Å². The first kappa shape index (κ1) is 12.6. The van der Waals surface area contributed by atoms with Crippen molar-refractivity contribution >= 4 is 17.8 Å². The Morgan fingerprint density at radius 1 is 1.11 bits per heavy atom. The predicted octanol–water partition coefficient (Wildman–Crippen LogP) is 2.33. The first-order valence-corrected chi connectivity index (χ1v) is 5.51. The smallest absolute Gasteiger partial charge is 0.270 e. The molecule has 2 aromatic rings. The third kappa shape index (κ3) is 2.86. The molecule has 0 saturated carbocycles. The minimum Gasteiger partial charge on any atom is -0.298 e. The zero-order chi connectivity index (χ0) is 13.7. The van der Waals surface area contributed by atoms with Crippen molar-refractivity contribution in [3.63, 3.8) is 0 Å². The summed E-state index contributed by atoms with van der Waals surface area (Å²) < 4.78 is 0. The highest BCUT2D eigenvalue weighted by Crippen LogP contribution is 2.31. The van der Waals surface area contributed by atoms with Crippen molar-refractivity contribution < 1.29 is 9.72 Å². The molecular formula is C13H11N3O3. The van der Waals surface area contributed by atoms with Crippen LogP contribution in [0.5, 0.6) is 0 Å². The average molecular weight is 257 g/mol. The van der Waals surface area contributed by atoms with Crippen molar-refractivity contribution in [1.82, 2.24) is 5.43 Å². The Hall–Kier alpha value is -2.89. The molecule has 2 aromatic carbocycles. The molecule has 0 aliphatic rings. The Kier molecular flexibility index (Phi) is 3.72. The van der Waals surface area contributed by atoms with E-state index in [1.54, 1.807) is 6.07 Å². The summed E-state index contributed by atoms with van der Waals surface area (Å²) in [5, 5.41) is 10.8. The molecule has 19 heavy (non-hydrogen) atoms. The zero-order valence-electron chi connectivity index (χ0n) is 9.87. The van der Waals surface area contributed by atoms with E-state index < -0.39 is 4.92 Å². The molecule has 2 rings (SSSR count). The molecule has 0 aromatic heterocycles. The van der Waals surface area contributed by atoms with Crippen LogP contribution in [0.3, 0.4) is 0 Å². The number of hydrazine groups is 1. The standard InChI is InChI=1S/C13H11N3O3/c17-9-14-15-13-7-6-11(16(18)19)8-12(13)10-4-2-1-3-5-10/h1-9,15H,(H,14,17). The van der Waals surface area contributed by atoms with E-state index in [2.05, 4.69) is 10.9 Å². The van der Waals surface area contributed by atoms with Gasteiger partial charge in [-0.05, 0) is 11.6 Å². The van der Waals surface area contributed by atoms with Crippen molar-refractivity contribution in [1.29, 1.82) is 0 Å². The summed E-state index contributed by atoms with van der Waals surface area (Å²) >= 11 is 0. The van der Waals surface area contributed by atoms with E-state index in [1.807, 2.05) is 30.3 Å². The Morgan fingerprint density at radius 2 is 1.84 bits per heavy atom. The van der Waals surface area contributed by atoms with Crippen molar-refractivity contribution in [2.75, 3.05) is 5.43 Å². The monoisotopic (exact) mass is 257 g/mol. The van der Waals surface area contributed by atoms with Crippen molar-refractivity contribution in [3.8, 4) is 11.1 Å². The summed E-state index contributed by atoms with van der Waals surface area (Å²) in [6.07, 6.45) is 0.496. The van der Waals surface area contributed by atoms with Crippen LogP contribution in [0.2, 0.25) is 0 Å². The highest BCUT2D eigenvalue weighted by Gasteiger charge is 2.11. The largest absolute Gasteiger partial charge is 0.298 e. The Bertz CT molecular complexity index is 599. The summed E-state index contributed by atoms with van der Waals surface area (Å²) in [7, 11) is 0. The molecule has 6 heteroatoms. The van der Waals surface area contributed by atoms with Crippen molar-refractivity contribution in [2.45, 2.75) is 0 Å². The van der Waals surface area contributed by atoms with Gasteiger partial charge >= 0.3 is 0 Å². The van der Waals surface area contributed by atoms with Gasteiger partial charge in [0.05, 0.1) is 10.6 Å². The minimum atomic E-state index is -0.455. The van der Waals surface area contributed by atoms with Crippen LogP contribution >= 0.6 is 0 Å². The fourth-order valence-corrected chi connectivity index (χ4v) is 1.72. The molecule has 2 N–H and O–H groups in total. The van der Waals surface area contributed by atoms with Crippen LogP contribution in [0.15, 0.2) is 48.5 Å². The van der Waals surface area contributed by atoms with Crippen LogP contribution in [0.4, 0.5) is 11.4 Å². The lowest BCUT2D eigenvalue weighted by Crippen LogP contribution is -2.19. The molecule has 0 saturated heterocycles. The van der Waals surface area contributed by atoms with Gasteiger partial charge in [-0.15, -0.1) is 0 Å². The fraction of sp³-hybridized carbons (Fsp3) is 0. The number of non-ortho nitro benzene ring substituents is 1. The molecule has 0 atom stereocenters. The first-order valence-electron chi connectivity index (χ1n) is 5.51. The third-order valence-electron chi connectivity index (χ3n) is 2.56. The normalized spacial score (nSPS) is 9.68. The SMILES string of the molecule is O=CNNc1ccc([N+](=O)[O-])cc1-c1ccccc1. The van der Waals surface area contributed by atoms with Crippen LogP contribution in [-0.4, -0.2) is 11.3 Å². The van der Waals surface area contributed by atoms with Gasteiger partial charge in [0.2, 0.25) is 6.41 Å². The number of carbonyl (C=O) groups excluding carboxylic acids is 1. The van der Waals surface area contributed by atoms with E-state index >= 15 is 0 Å². The summed E-state index contributed by atoms with van der Waals surface area (Å²) in [5.74, 6) is 0. The molecule has 6 nitrogen and oxygen atoms in total. The van der Waals surface area contributed by atoms with Crippen molar-refractivity contribution in [3.05, 3.63) is 58.6 Å². The molecule has 0 aliphatic carbocycles. The topological polar surface area (TPSA) is 84.3 Å². The Morgan fingerprint density at radius 3 is 2.47 bits per heavy atom. The molecule has 96 valence electrons. The molecule has 0 radical (unpaired) electrons. The van der Waals surface area contributed by atoms with Crippen LogP contribution in [-0.2, 0) is 4.79 Å². The third-order valence-corrected chi connectivity index (χ3v) is 2.56. The number of nitrogens with one attached hydrogen (secondary N) is 2. The molecule has 0 fully saturated rings. The van der Waals surface area contributed by atoms with Gasteiger partial charge in [0.25, 0.3) is 5.69 Å². The highest BCUT2D eigenvalue weighted by atomic mass is 16.6. The number of hydrogen-bond acceptors (Lipinski definition) is 4. The molecule has 0 heterocycles. The predicted molar refractivity (Wildman–Crippen MR) is 71.4 cm³/mol. The number of amides is 1. The zero-order valence-corrected chi connectivity index (χ0v) is 9.87. The number of nitro groups is 1. The molecule has 0 bridgehead atoms. The second kappa shape index (κ2) is 5.63. The summed E-state index contributed by atoms with van der Waals surface area (Å²) in [4.78, 5) is 20.7. The van der Waals surface area contributed by atoms with Crippen LogP contribution in [0, 0.1) is 10.1 Å². The first-order chi connectivity index (χ1) is 9.22. The van der Waals surface area contributed by atoms with E-state index in [0.717, 1.165) is 5.56 Å². The van der Waals surface area contributed by atoms with Crippen LogP contribution in [0.1, 0.15) is 0 Å². The maximum absolute atomic E-state index is 10.8. The van der Waals surface area contributed by atoms with E-state index in [-0.39, 0.29) is 5.69 Å². The van der Waals surface area contributed by atoms with Crippen molar-refractivity contribution in [2.24, 2.45) is 0 Å². The minimum absolute atomic E-state index is 0.00416. The average Bonchev–Trinajstić information content (AvgIpc) is 2.45. The van der Waals surface area contributed by atoms with Gasteiger partial charge in [0, 0.05) is 17.7 Å². The van der Waals surface area contributed by atoms with Gasteiger partial charge in [-0.2, -0.15) is 0 Å². The van der Waals surface area contributed by atoms with Gasteiger partial charge < -0.3 is 0 Å². The molecule has 0 aliphatic heterocycles. The van der Waals surface area contributed by atoms with E-state index in [4.69, 9.17) is 0 Å². The van der Waals surface area contributed by atoms with Gasteiger partial charge in [0.1, 0.15) is 0 Å². The molecule has 0 unspecified atom stereocenters. The van der Waals surface area contributed by atoms with Gasteiger partial charge in [-0.25, -0.2) is 0 Å². The van der Waals surface area contributed by atoms with Gasteiger partial charge in [-0.3, -0.25) is 25.8 Å². The summed E-state index contributed by atoms with van der Waals surface area (Å²) in [6.45, 7) is 0. The highest BCUT2D eigenvalue weighted by molar-refractivity contribution is 5.80. The Balaban J connectivity index is 2.49. The van der Waals surface area contributed by atoms with Crippen LogP contribution in [0.25, 0.3) is 11.1 Å². The number of hydrogen-bond donors (Lipinski definition) is 2. The maximum Gasteiger partial charge on any atom is 0.270 e. The number of rotatable bonds is 5. The second-order valence-corrected chi connectivity index (χ2v) is 3.74. The maximum atomic E-state index is 10.8. The molecule has 1 amide bonds. The fourth-order valence-electron chi connectivity index (χ4n) is 1.72. The summed E-state index contributed by atoms with van der Waals surface area (Å²) in [6, 6.07) is 13.6. The number of anilines is 1. The van der Waals surface area contributed by atoms with Gasteiger partial charge in [-0.1, -0.05) is 30.3 Å². The lowest BCUT2D eigenvalue weighted by molar-refractivity contribution is -0.384. The number of nitrogens with zero attached hydrogens (tertiary/aromatic N) is 1. The number of carbonyl (C=O) groups is 1. The lowest BCUT2D eigenvalue weighted by Gasteiger charge is -2.10. The van der Waals surface area contributed by atoms with E-state index in [1.165, 1.54) is 12.1 Å². The summed E-state index contributed by atoms with van der Waals surface area (Å²) in [5.41, 5.74) is 7.06. The second-order valence-electron chi connectivity index (χ2n) is 3.74. The lowest BCUT2D eigenvalue weighted by atomic mass is 10.0. The number of benzene rings is 2. The molecule has 0 spiro atoms. The van der Waals surface area contributed by atoms with E-state index in [9.17, 15) is 14.9 Å².